The second-order valence-corrected chi connectivity index (χ2v) is 6.23. The second kappa shape index (κ2) is 6.61. The number of hydrogen-bond donors (Lipinski definition) is 2. The molecule has 0 aromatic heterocycles. The maximum absolute atomic E-state index is 6.38. The molecular weight excluding hydrogens is 280 g/mol. The first-order valence-electron chi connectivity index (χ1n) is 7.21. The third-order valence-corrected chi connectivity index (χ3v) is 4.31. The molecule has 0 fully saturated rings. The number of benzene rings is 2. The Kier molecular flexibility index (Phi) is 5.04. The minimum atomic E-state index is 0.0122. The van der Waals surface area contributed by atoms with Gasteiger partial charge in [0.15, 0.2) is 0 Å². The molecule has 0 bridgehead atoms. The fourth-order valence-electron chi connectivity index (χ4n) is 2.91. The van der Waals surface area contributed by atoms with Gasteiger partial charge < -0.3 is 0 Å². The number of aryl methyl sites for hydroxylation is 4. The first kappa shape index (κ1) is 16.0. The first-order chi connectivity index (χ1) is 9.92. The molecule has 0 saturated carbocycles. The summed E-state index contributed by atoms with van der Waals surface area (Å²) < 4.78 is 0. The van der Waals surface area contributed by atoms with Crippen LogP contribution in [0, 0.1) is 27.7 Å². The van der Waals surface area contributed by atoms with Gasteiger partial charge in [0.2, 0.25) is 0 Å². The Morgan fingerprint density at radius 3 is 2.14 bits per heavy atom. The lowest BCUT2D eigenvalue weighted by Crippen LogP contribution is -2.30. The van der Waals surface area contributed by atoms with Crippen molar-refractivity contribution in [1.82, 2.24) is 5.43 Å². The molecule has 0 aliphatic rings. The van der Waals surface area contributed by atoms with Crippen LogP contribution in [0.3, 0.4) is 0 Å². The highest BCUT2D eigenvalue weighted by Gasteiger charge is 2.16. The summed E-state index contributed by atoms with van der Waals surface area (Å²) in [5.41, 5.74) is 10.3. The van der Waals surface area contributed by atoms with E-state index in [1.54, 1.807) is 0 Å². The first-order valence-corrected chi connectivity index (χ1v) is 7.59. The lowest BCUT2D eigenvalue weighted by Gasteiger charge is -2.21. The number of nitrogens with two attached hydrogens (primary N) is 1. The van der Waals surface area contributed by atoms with Crippen LogP contribution in [0.15, 0.2) is 30.3 Å². The number of hydrogen-bond acceptors (Lipinski definition) is 2. The van der Waals surface area contributed by atoms with E-state index in [9.17, 15) is 0 Å². The summed E-state index contributed by atoms with van der Waals surface area (Å²) in [6.07, 6.45) is 0.831. The van der Waals surface area contributed by atoms with E-state index in [4.69, 9.17) is 17.4 Å². The number of halogens is 1. The Labute approximate surface area is 132 Å². The van der Waals surface area contributed by atoms with Crippen molar-refractivity contribution in [3.8, 4) is 0 Å². The van der Waals surface area contributed by atoms with E-state index in [1.807, 2.05) is 13.0 Å². The van der Waals surface area contributed by atoms with Crippen molar-refractivity contribution in [3.63, 3.8) is 0 Å². The molecule has 0 spiro atoms. The zero-order valence-corrected chi connectivity index (χ0v) is 13.9. The summed E-state index contributed by atoms with van der Waals surface area (Å²) in [5, 5.41) is 0.764. The molecule has 3 heteroatoms. The van der Waals surface area contributed by atoms with Crippen LogP contribution in [-0.2, 0) is 6.42 Å². The molecule has 0 amide bonds. The lowest BCUT2D eigenvalue weighted by atomic mass is 9.91. The second-order valence-electron chi connectivity index (χ2n) is 5.83. The summed E-state index contributed by atoms with van der Waals surface area (Å²) in [7, 11) is 0. The summed E-state index contributed by atoms with van der Waals surface area (Å²) in [5.74, 6) is 5.78. The topological polar surface area (TPSA) is 38.0 Å². The molecule has 2 aromatic carbocycles. The van der Waals surface area contributed by atoms with E-state index in [2.05, 4.69) is 50.5 Å². The molecule has 2 rings (SSSR count). The molecule has 1 atom stereocenters. The Morgan fingerprint density at radius 1 is 1.00 bits per heavy atom. The zero-order chi connectivity index (χ0) is 15.6. The summed E-state index contributed by atoms with van der Waals surface area (Å²) in [6.45, 7) is 8.47. The molecule has 112 valence electrons. The van der Waals surface area contributed by atoms with Crippen LogP contribution in [0.2, 0.25) is 5.02 Å². The Bertz CT molecular complexity index is 627. The maximum atomic E-state index is 6.38. The van der Waals surface area contributed by atoms with Gasteiger partial charge in [0.05, 0.1) is 6.04 Å². The van der Waals surface area contributed by atoms with Gasteiger partial charge in [-0.2, -0.15) is 0 Å². The van der Waals surface area contributed by atoms with Crippen LogP contribution in [-0.4, -0.2) is 0 Å². The quantitative estimate of drug-likeness (QED) is 0.652. The van der Waals surface area contributed by atoms with Crippen LogP contribution in [0.1, 0.15) is 39.4 Å². The zero-order valence-electron chi connectivity index (χ0n) is 13.1. The van der Waals surface area contributed by atoms with E-state index >= 15 is 0 Å². The molecule has 0 heterocycles. The smallest absolute Gasteiger partial charge is 0.0515 e. The average molecular weight is 303 g/mol. The maximum Gasteiger partial charge on any atom is 0.0515 e. The van der Waals surface area contributed by atoms with Gasteiger partial charge in [-0.25, -0.2) is 0 Å². The highest BCUT2D eigenvalue weighted by molar-refractivity contribution is 6.31. The molecule has 2 nitrogen and oxygen atoms in total. The summed E-state index contributed by atoms with van der Waals surface area (Å²) in [6, 6.07) is 10.6. The lowest BCUT2D eigenvalue weighted by molar-refractivity contribution is 0.549. The summed E-state index contributed by atoms with van der Waals surface area (Å²) in [4.78, 5) is 0. The van der Waals surface area contributed by atoms with Gasteiger partial charge in [-0.15, -0.1) is 0 Å². The SMILES string of the molecule is Cc1cc(C)c(CC(NN)c2ccc(C)cc2Cl)c(C)c1. The van der Waals surface area contributed by atoms with Gasteiger partial charge in [-0.3, -0.25) is 11.3 Å². The monoisotopic (exact) mass is 302 g/mol. The third kappa shape index (κ3) is 3.65. The van der Waals surface area contributed by atoms with Crippen molar-refractivity contribution < 1.29 is 0 Å². The fourth-order valence-corrected chi connectivity index (χ4v) is 3.28. The van der Waals surface area contributed by atoms with Crippen LogP contribution in [0.4, 0.5) is 0 Å². The molecule has 0 aliphatic heterocycles. The van der Waals surface area contributed by atoms with Gasteiger partial charge >= 0.3 is 0 Å². The Morgan fingerprint density at radius 2 is 1.62 bits per heavy atom. The fraction of sp³-hybridized carbons (Fsp3) is 0.333. The van der Waals surface area contributed by atoms with Crippen molar-refractivity contribution in [3.05, 3.63) is 68.7 Å². The van der Waals surface area contributed by atoms with Gasteiger partial charge in [-0.1, -0.05) is 41.4 Å². The standard InChI is InChI=1S/C18H23ClN2/c1-11-5-6-15(17(19)9-11)18(21-20)10-16-13(3)7-12(2)8-14(16)4/h5-9,18,21H,10,20H2,1-4H3. The molecular formula is C18H23ClN2. The van der Waals surface area contributed by atoms with Crippen LogP contribution in [0.25, 0.3) is 0 Å². The van der Waals surface area contributed by atoms with E-state index < -0.39 is 0 Å². The van der Waals surface area contributed by atoms with Crippen LogP contribution >= 0.6 is 11.6 Å². The van der Waals surface area contributed by atoms with E-state index in [-0.39, 0.29) is 6.04 Å². The number of rotatable bonds is 4. The van der Waals surface area contributed by atoms with E-state index in [0.29, 0.717) is 0 Å². The third-order valence-electron chi connectivity index (χ3n) is 3.98. The summed E-state index contributed by atoms with van der Waals surface area (Å²) >= 11 is 6.38. The molecule has 3 N–H and O–H groups in total. The van der Waals surface area contributed by atoms with Crippen molar-refractivity contribution >= 4 is 11.6 Å². The average Bonchev–Trinajstić information content (AvgIpc) is 2.39. The van der Waals surface area contributed by atoms with Gasteiger partial charge in [0.1, 0.15) is 0 Å². The predicted octanol–water partition coefficient (Wildman–Crippen LogP) is 4.32. The van der Waals surface area contributed by atoms with Crippen LogP contribution in [0.5, 0.6) is 0 Å². The molecule has 1 unspecified atom stereocenters. The minimum absolute atomic E-state index is 0.0122. The minimum Gasteiger partial charge on any atom is -0.271 e. The Hall–Kier alpha value is -1.35. The van der Waals surface area contributed by atoms with Crippen molar-refractivity contribution in [2.75, 3.05) is 0 Å². The molecule has 0 aliphatic carbocycles. The molecule has 21 heavy (non-hydrogen) atoms. The normalized spacial score (nSPS) is 12.5. The molecule has 0 saturated heterocycles. The highest BCUT2D eigenvalue weighted by atomic mass is 35.5. The van der Waals surface area contributed by atoms with Gasteiger partial charge in [0, 0.05) is 5.02 Å². The van der Waals surface area contributed by atoms with Crippen LogP contribution < -0.4 is 11.3 Å². The van der Waals surface area contributed by atoms with Crippen molar-refractivity contribution in [1.29, 1.82) is 0 Å². The largest absolute Gasteiger partial charge is 0.271 e. The predicted molar refractivity (Wildman–Crippen MR) is 90.6 cm³/mol. The van der Waals surface area contributed by atoms with Crippen molar-refractivity contribution in [2.45, 2.75) is 40.2 Å². The highest BCUT2D eigenvalue weighted by Crippen LogP contribution is 2.28. The van der Waals surface area contributed by atoms with Gasteiger partial charge in [0.25, 0.3) is 0 Å². The van der Waals surface area contributed by atoms with E-state index in [1.165, 1.54) is 22.3 Å². The number of hydrazine groups is 1. The number of nitrogens with one attached hydrogen (secondary N) is 1. The van der Waals surface area contributed by atoms with E-state index in [0.717, 1.165) is 22.6 Å². The van der Waals surface area contributed by atoms with Crippen molar-refractivity contribution in [2.24, 2.45) is 5.84 Å². The molecule has 2 aromatic rings. The molecule has 0 radical (unpaired) electrons. The Balaban J connectivity index is 2.36. The van der Waals surface area contributed by atoms with Gasteiger partial charge in [-0.05, 0) is 68.0 Å².